The molecule has 4 aliphatic carbocycles. The van der Waals surface area contributed by atoms with Gasteiger partial charge in [0.1, 0.15) is 0 Å². The molecule has 1 aromatic heterocycles. The molecule has 0 unspecified atom stereocenters. The molecule has 5 rings (SSSR count). The molecule has 0 aliphatic heterocycles. The van der Waals surface area contributed by atoms with Crippen LogP contribution in [-0.2, 0) is 11.3 Å². The fraction of sp³-hybridized carbons (Fsp3) is 0.647. The molecule has 4 aliphatic rings. The first-order valence-electron chi connectivity index (χ1n) is 7.71. The first-order chi connectivity index (χ1) is 9.23. The molecule has 0 atom stereocenters. The van der Waals surface area contributed by atoms with Gasteiger partial charge in [-0.1, -0.05) is 6.07 Å². The van der Waals surface area contributed by atoms with Crippen LogP contribution in [0.2, 0.25) is 0 Å². The quantitative estimate of drug-likeness (QED) is 0.699. The van der Waals surface area contributed by atoms with E-state index >= 15 is 0 Å². The van der Waals surface area contributed by atoms with E-state index < -0.39 is 0 Å². The molecule has 0 aromatic carbocycles. The fourth-order valence-electron chi connectivity index (χ4n) is 5.33. The largest absolute Gasteiger partial charge is 1.00 e. The van der Waals surface area contributed by atoms with E-state index in [-0.39, 0.29) is 22.4 Å². The standard InChI is InChI=1S/C17H22NO.BrH/c19-16(12-18-4-2-1-3-5-18)17-9-13-6-14(10-17)8-15(7-13)11-17;/h1-5,13-15H,6-12H2;1H/q+1;/p-1. The van der Waals surface area contributed by atoms with Gasteiger partial charge in [0.05, 0.1) is 0 Å². The SMILES string of the molecule is O=C(C[n+]1ccccc1)C12CC3CC(CC(C3)C1)C2.[Br-]. The van der Waals surface area contributed by atoms with Crippen molar-refractivity contribution in [1.82, 2.24) is 0 Å². The van der Waals surface area contributed by atoms with Gasteiger partial charge in [-0.25, -0.2) is 0 Å². The van der Waals surface area contributed by atoms with Gasteiger partial charge in [-0.3, -0.25) is 4.79 Å². The monoisotopic (exact) mass is 335 g/mol. The zero-order valence-corrected chi connectivity index (χ0v) is 13.4. The lowest BCUT2D eigenvalue weighted by atomic mass is 9.48. The van der Waals surface area contributed by atoms with E-state index in [1.165, 1.54) is 38.5 Å². The Morgan fingerprint density at radius 1 is 0.950 bits per heavy atom. The highest BCUT2D eigenvalue weighted by Crippen LogP contribution is 2.60. The fourth-order valence-corrected chi connectivity index (χ4v) is 5.33. The van der Waals surface area contributed by atoms with E-state index in [1.807, 2.05) is 35.2 Å². The molecule has 0 amide bonds. The average Bonchev–Trinajstić information content (AvgIpc) is 2.38. The number of carbonyl (C=O) groups excluding carboxylic acids is 1. The molecule has 1 aromatic rings. The number of hydrogen-bond donors (Lipinski definition) is 0. The third-order valence-corrected chi connectivity index (χ3v) is 5.73. The summed E-state index contributed by atoms with van der Waals surface area (Å²) in [7, 11) is 0. The Kier molecular flexibility index (Phi) is 3.74. The predicted molar refractivity (Wildman–Crippen MR) is 72.2 cm³/mol. The number of aromatic nitrogens is 1. The number of hydrogen-bond acceptors (Lipinski definition) is 1. The molecule has 4 bridgehead atoms. The Bertz CT molecular complexity index is 464. The molecule has 2 nitrogen and oxygen atoms in total. The lowest BCUT2D eigenvalue weighted by Crippen LogP contribution is -3.00. The number of pyridine rings is 1. The number of carbonyl (C=O) groups is 1. The average molecular weight is 336 g/mol. The normalized spacial score (nSPS) is 37.5. The molecule has 4 fully saturated rings. The lowest BCUT2D eigenvalue weighted by molar-refractivity contribution is -0.685. The van der Waals surface area contributed by atoms with Crippen molar-refractivity contribution in [3.8, 4) is 0 Å². The third-order valence-electron chi connectivity index (χ3n) is 5.73. The van der Waals surface area contributed by atoms with Crippen molar-refractivity contribution in [2.45, 2.75) is 45.1 Å². The predicted octanol–water partition coefficient (Wildman–Crippen LogP) is -0.236. The molecule has 4 saturated carbocycles. The van der Waals surface area contributed by atoms with Gasteiger partial charge < -0.3 is 17.0 Å². The van der Waals surface area contributed by atoms with Crippen LogP contribution in [0.3, 0.4) is 0 Å². The van der Waals surface area contributed by atoms with Crippen LogP contribution in [0.4, 0.5) is 0 Å². The van der Waals surface area contributed by atoms with Gasteiger partial charge in [0.2, 0.25) is 12.3 Å². The Morgan fingerprint density at radius 3 is 1.95 bits per heavy atom. The summed E-state index contributed by atoms with van der Waals surface area (Å²) in [6.07, 6.45) is 11.8. The maximum Gasteiger partial charge on any atom is 0.207 e. The van der Waals surface area contributed by atoms with Gasteiger partial charge in [-0.15, -0.1) is 0 Å². The van der Waals surface area contributed by atoms with Crippen LogP contribution in [0.1, 0.15) is 38.5 Å². The molecular weight excluding hydrogens is 314 g/mol. The van der Waals surface area contributed by atoms with Crippen molar-refractivity contribution in [2.75, 3.05) is 0 Å². The maximum atomic E-state index is 12.8. The second-order valence-electron chi connectivity index (χ2n) is 7.17. The van der Waals surface area contributed by atoms with Crippen LogP contribution in [0.15, 0.2) is 30.6 Å². The highest BCUT2D eigenvalue weighted by Gasteiger charge is 2.54. The third kappa shape index (κ3) is 2.34. The van der Waals surface area contributed by atoms with Gasteiger partial charge in [-0.05, 0) is 56.3 Å². The Balaban J connectivity index is 0.00000121. The minimum absolute atomic E-state index is 0. The second-order valence-corrected chi connectivity index (χ2v) is 7.17. The zero-order chi connectivity index (χ0) is 12.9. The smallest absolute Gasteiger partial charge is 0.207 e. The van der Waals surface area contributed by atoms with E-state index in [4.69, 9.17) is 0 Å². The molecule has 3 heteroatoms. The maximum absolute atomic E-state index is 12.8. The molecule has 108 valence electrons. The van der Waals surface area contributed by atoms with Crippen molar-refractivity contribution < 1.29 is 26.3 Å². The Hall–Kier alpha value is -0.700. The van der Waals surface area contributed by atoms with Crippen LogP contribution in [0.25, 0.3) is 0 Å². The molecule has 0 spiro atoms. The van der Waals surface area contributed by atoms with E-state index in [0.717, 1.165) is 17.8 Å². The van der Waals surface area contributed by atoms with Crippen molar-refractivity contribution in [1.29, 1.82) is 0 Å². The molecular formula is C17H22BrNO. The summed E-state index contributed by atoms with van der Waals surface area (Å²) in [6, 6.07) is 6.02. The summed E-state index contributed by atoms with van der Waals surface area (Å²) in [6.45, 7) is 0.576. The minimum atomic E-state index is 0. The van der Waals surface area contributed by atoms with Gasteiger partial charge in [0.25, 0.3) is 0 Å². The van der Waals surface area contributed by atoms with Crippen LogP contribution < -0.4 is 21.5 Å². The number of halogens is 1. The topological polar surface area (TPSA) is 20.9 Å². The number of ketones is 1. The highest BCUT2D eigenvalue weighted by molar-refractivity contribution is 5.84. The van der Waals surface area contributed by atoms with Gasteiger partial charge in [0.15, 0.2) is 12.4 Å². The number of Topliss-reactive ketones (excluding diaryl/α,β-unsaturated/α-hetero) is 1. The summed E-state index contributed by atoms with van der Waals surface area (Å²) in [5, 5.41) is 0. The van der Waals surface area contributed by atoms with E-state index in [0.29, 0.717) is 12.3 Å². The Morgan fingerprint density at radius 2 is 1.45 bits per heavy atom. The number of nitrogens with zero attached hydrogens (tertiary/aromatic N) is 1. The second kappa shape index (κ2) is 5.25. The molecule has 1 heterocycles. The van der Waals surface area contributed by atoms with Crippen molar-refractivity contribution >= 4 is 5.78 Å². The van der Waals surface area contributed by atoms with Crippen molar-refractivity contribution in [2.24, 2.45) is 23.2 Å². The first kappa shape index (κ1) is 14.2. The lowest BCUT2D eigenvalue weighted by Gasteiger charge is -2.55. The van der Waals surface area contributed by atoms with Crippen LogP contribution in [-0.4, -0.2) is 5.78 Å². The first-order valence-corrected chi connectivity index (χ1v) is 7.71. The zero-order valence-electron chi connectivity index (χ0n) is 11.8. The van der Waals surface area contributed by atoms with Crippen molar-refractivity contribution in [3.05, 3.63) is 30.6 Å². The van der Waals surface area contributed by atoms with Crippen LogP contribution >= 0.6 is 0 Å². The van der Waals surface area contributed by atoms with Crippen LogP contribution in [0.5, 0.6) is 0 Å². The van der Waals surface area contributed by atoms with E-state index in [1.54, 1.807) is 0 Å². The van der Waals surface area contributed by atoms with E-state index in [9.17, 15) is 4.79 Å². The summed E-state index contributed by atoms with van der Waals surface area (Å²) < 4.78 is 2.04. The molecule has 20 heavy (non-hydrogen) atoms. The molecule has 0 saturated heterocycles. The van der Waals surface area contributed by atoms with Gasteiger partial charge >= 0.3 is 0 Å². The van der Waals surface area contributed by atoms with Gasteiger partial charge in [0, 0.05) is 17.5 Å². The summed E-state index contributed by atoms with van der Waals surface area (Å²) >= 11 is 0. The molecule has 0 N–H and O–H groups in total. The summed E-state index contributed by atoms with van der Waals surface area (Å²) in [5.41, 5.74) is 0.0532. The summed E-state index contributed by atoms with van der Waals surface area (Å²) in [5.74, 6) is 3.07. The van der Waals surface area contributed by atoms with Gasteiger partial charge in [-0.2, -0.15) is 4.57 Å². The van der Waals surface area contributed by atoms with Crippen LogP contribution in [0, 0.1) is 23.2 Å². The van der Waals surface area contributed by atoms with Crippen molar-refractivity contribution in [3.63, 3.8) is 0 Å². The van der Waals surface area contributed by atoms with E-state index in [2.05, 4.69) is 0 Å². The highest BCUT2D eigenvalue weighted by atomic mass is 79.9. The number of rotatable bonds is 3. The minimum Gasteiger partial charge on any atom is -1.00 e. The summed E-state index contributed by atoms with van der Waals surface area (Å²) in [4.78, 5) is 12.8. The molecule has 0 radical (unpaired) electrons. The Labute approximate surface area is 131 Å².